The average molecular weight is 334 g/mol. The molecule has 0 fully saturated rings. The molecular formula is C18H19FO5. The van der Waals surface area contributed by atoms with Crippen molar-refractivity contribution in [3.05, 3.63) is 59.9 Å². The summed E-state index contributed by atoms with van der Waals surface area (Å²) in [6, 6.07) is 12.0. The van der Waals surface area contributed by atoms with Gasteiger partial charge in [0.25, 0.3) is 0 Å². The fourth-order valence-electron chi connectivity index (χ4n) is 2.04. The van der Waals surface area contributed by atoms with Crippen LogP contribution in [0.2, 0.25) is 0 Å². The zero-order valence-corrected chi connectivity index (χ0v) is 13.2. The smallest absolute Gasteiger partial charge is 0.347 e. The van der Waals surface area contributed by atoms with E-state index in [0.717, 1.165) is 0 Å². The van der Waals surface area contributed by atoms with Gasteiger partial charge in [-0.1, -0.05) is 18.2 Å². The molecule has 0 saturated heterocycles. The third-order valence-electron chi connectivity index (χ3n) is 3.57. The number of carboxylic acids is 1. The summed E-state index contributed by atoms with van der Waals surface area (Å²) in [6.07, 6.45) is 0.0810. The minimum Gasteiger partial charge on any atom is -0.508 e. The van der Waals surface area contributed by atoms with E-state index < -0.39 is 11.6 Å². The van der Waals surface area contributed by atoms with Crippen molar-refractivity contribution in [1.82, 2.24) is 0 Å². The van der Waals surface area contributed by atoms with Gasteiger partial charge in [-0.3, -0.25) is 0 Å². The van der Waals surface area contributed by atoms with Gasteiger partial charge in [0, 0.05) is 12.0 Å². The first kappa shape index (κ1) is 17.7. The Hall–Kier alpha value is -2.60. The number of aliphatic carboxylic acids is 1. The van der Waals surface area contributed by atoms with Gasteiger partial charge in [0.2, 0.25) is 5.60 Å². The summed E-state index contributed by atoms with van der Waals surface area (Å²) < 4.78 is 24.4. The number of carboxylic acid groups (broad SMARTS) is 1. The van der Waals surface area contributed by atoms with Crippen LogP contribution in [0.5, 0.6) is 11.5 Å². The highest BCUT2D eigenvalue weighted by Gasteiger charge is 2.35. The van der Waals surface area contributed by atoms with Gasteiger partial charge < -0.3 is 19.7 Å². The molecule has 2 aromatic rings. The number of aromatic hydroxyl groups is 1. The van der Waals surface area contributed by atoms with Crippen LogP contribution < -0.4 is 4.74 Å². The normalized spacial score (nSPS) is 13.2. The molecule has 0 aliphatic heterocycles. The second-order valence-electron chi connectivity index (χ2n) is 5.53. The lowest BCUT2D eigenvalue weighted by Gasteiger charge is -2.26. The topological polar surface area (TPSA) is 76.0 Å². The molecule has 2 N–H and O–H groups in total. The summed E-state index contributed by atoms with van der Waals surface area (Å²) >= 11 is 0. The Labute approximate surface area is 139 Å². The Morgan fingerprint density at radius 1 is 1.17 bits per heavy atom. The van der Waals surface area contributed by atoms with E-state index in [1.54, 1.807) is 18.2 Å². The molecule has 5 nitrogen and oxygen atoms in total. The van der Waals surface area contributed by atoms with Crippen molar-refractivity contribution in [2.24, 2.45) is 0 Å². The molecule has 0 radical (unpaired) electrons. The highest BCUT2D eigenvalue weighted by Crippen LogP contribution is 2.24. The fourth-order valence-corrected chi connectivity index (χ4v) is 2.04. The Bertz CT molecular complexity index is 686. The highest BCUT2D eigenvalue weighted by molar-refractivity contribution is 5.77. The number of hydrogen-bond acceptors (Lipinski definition) is 4. The van der Waals surface area contributed by atoms with E-state index in [9.17, 15) is 19.4 Å². The van der Waals surface area contributed by atoms with E-state index in [-0.39, 0.29) is 31.2 Å². The Morgan fingerprint density at radius 3 is 2.46 bits per heavy atom. The predicted octanol–water partition coefficient (Wildman–Crippen LogP) is 3.36. The minimum absolute atomic E-state index is 0.0571. The van der Waals surface area contributed by atoms with E-state index in [1.165, 1.54) is 37.3 Å². The molecule has 0 amide bonds. The number of phenolic OH excluding ortho intramolecular Hbond substituents is 1. The number of hydrogen-bond donors (Lipinski definition) is 2. The van der Waals surface area contributed by atoms with E-state index in [1.807, 2.05) is 0 Å². The van der Waals surface area contributed by atoms with Gasteiger partial charge in [0.1, 0.15) is 17.3 Å². The fraction of sp³-hybridized carbons (Fsp3) is 0.278. The number of carbonyl (C=O) groups is 1. The van der Waals surface area contributed by atoms with Crippen molar-refractivity contribution in [2.45, 2.75) is 25.6 Å². The van der Waals surface area contributed by atoms with Crippen LogP contribution >= 0.6 is 0 Å². The van der Waals surface area contributed by atoms with Gasteiger partial charge in [0.05, 0.1) is 13.2 Å². The van der Waals surface area contributed by atoms with Crippen molar-refractivity contribution < 1.29 is 28.9 Å². The van der Waals surface area contributed by atoms with Crippen molar-refractivity contribution in [3.8, 4) is 11.5 Å². The lowest BCUT2D eigenvalue weighted by atomic mass is 10.0. The SMILES string of the molecule is CC(CCOCc1ccccc1F)(Oc1ccc(O)cc1)C(=O)O. The minimum atomic E-state index is -1.49. The van der Waals surface area contributed by atoms with Crippen LogP contribution in [-0.4, -0.2) is 28.4 Å². The Kier molecular flexibility index (Phi) is 5.76. The molecule has 1 unspecified atom stereocenters. The number of phenols is 1. The molecule has 0 bridgehead atoms. The zero-order chi connectivity index (χ0) is 17.6. The predicted molar refractivity (Wildman–Crippen MR) is 85.4 cm³/mol. The van der Waals surface area contributed by atoms with Crippen LogP contribution in [0.1, 0.15) is 18.9 Å². The highest BCUT2D eigenvalue weighted by atomic mass is 19.1. The quantitative estimate of drug-likeness (QED) is 0.724. The average Bonchev–Trinajstić information content (AvgIpc) is 2.55. The molecule has 24 heavy (non-hydrogen) atoms. The number of benzene rings is 2. The van der Waals surface area contributed by atoms with Crippen LogP contribution in [0.3, 0.4) is 0 Å². The maximum Gasteiger partial charge on any atom is 0.347 e. The monoisotopic (exact) mass is 334 g/mol. The lowest BCUT2D eigenvalue weighted by Crippen LogP contribution is -2.42. The molecule has 0 spiro atoms. The maximum atomic E-state index is 13.5. The summed E-state index contributed by atoms with van der Waals surface area (Å²) in [5, 5.41) is 18.7. The molecule has 0 saturated carbocycles. The molecular weight excluding hydrogens is 315 g/mol. The zero-order valence-electron chi connectivity index (χ0n) is 13.2. The summed E-state index contributed by atoms with van der Waals surface area (Å²) in [4.78, 5) is 11.5. The van der Waals surface area contributed by atoms with Crippen molar-refractivity contribution in [2.75, 3.05) is 6.61 Å². The summed E-state index contributed by atoms with van der Waals surface area (Å²) in [5.41, 5.74) is -1.08. The third-order valence-corrected chi connectivity index (χ3v) is 3.57. The lowest BCUT2D eigenvalue weighted by molar-refractivity contribution is -0.155. The van der Waals surface area contributed by atoms with E-state index in [2.05, 4.69) is 0 Å². The molecule has 0 heterocycles. The second kappa shape index (κ2) is 7.79. The number of ether oxygens (including phenoxy) is 2. The van der Waals surface area contributed by atoms with Gasteiger partial charge in [-0.15, -0.1) is 0 Å². The van der Waals surface area contributed by atoms with E-state index in [0.29, 0.717) is 11.3 Å². The van der Waals surface area contributed by atoms with Gasteiger partial charge in [0.15, 0.2) is 0 Å². The van der Waals surface area contributed by atoms with Crippen LogP contribution in [0, 0.1) is 5.82 Å². The molecule has 0 aromatic heterocycles. The molecule has 2 rings (SSSR count). The van der Waals surface area contributed by atoms with Gasteiger partial charge in [-0.2, -0.15) is 0 Å². The van der Waals surface area contributed by atoms with E-state index in [4.69, 9.17) is 9.47 Å². The molecule has 2 aromatic carbocycles. The number of halogens is 1. The first-order chi connectivity index (χ1) is 11.4. The van der Waals surface area contributed by atoms with Crippen molar-refractivity contribution in [3.63, 3.8) is 0 Å². The number of rotatable bonds is 8. The van der Waals surface area contributed by atoms with Crippen molar-refractivity contribution in [1.29, 1.82) is 0 Å². The van der Waals surface area contributed by atoms with Crippen LogP contribution in [0.15, 0.2) is 48.5 Å². The molecule has 6 heteroatoms. The summed E-state index contributed by atoms with van der Waals surface area (Å²) in [5.74, 6) is -1.11. The summed E-state index contributed by atoms with van der Waals surface area (Å²) in [6.45, 7) is 1.59. The molecule has 1 atom stereocenters. The molecule has 0 aliphatic carbocycles. The molecule has 128 valence electrons. The van der Waals surface area contributed by atoms with Crippen molar-refractivity contribution >= 4 is 5.97 Å². The van der Waals surface area contributed by atoms with E-state index >= 15 is 0 Å². The maximum absolute atomic E-state index is 13.5. The largest absolute Gasteiger partial charge is 0.508 e. The van der Waals surface area contributed by atoms with Crippen LogP contribution in [0.25, 0.3) is 0 Å². The van der Waals surface area contributed by atoms with Crippen LogP contribution in [0.4, 0.5) is 4.39 Å². The first-order valence-corrected chi connectivity index (χ1v) is 7.43. The Morgan fingerprint density at radius 2 is 1.83 bits per heavy atom. The van der Waals surface area contributed by atoms with Gasteiger partial charge in [-0.05, 0) is 37.3 Å². The Balaban J connectivity index is 1.91. The first-order valence-electron chi connectivity index (χ1n) is 7.43. The summed E-state index contributed by atoms with van der Waals surface area (Å²) in [7, 11) is 0. The molecule has 0 aliphatic rings. The van der Waals surface area contributed by atoms with Gasteiger partial charge in [-0.25, -0.2) is 9.18 Å². The second-order valence-corrected chi connectivity index (χ2v) is 5.53. The van der Waals surface area contributed by atoms with Crippen LogP contribution in [-0.2, 0) is 16.1 Å². The third kappa shape index (κ3) is 4.70. The standard InChI is InChI=1S/C18H19FO5/c1-18(17(21)22,24-15-8-6-14(20)7-9-15)10-11-23-12-13-4-2-3-5-16(13)19/h2-9,20H,10-12H2,1H3,(H,21,22). The van der Waals surface area contributed by atoms with Gasteiger partial charge >= 0.3 is 5.97 Å².